The Balaban J connectivity index is 2.47. The van der Waals surface area contributed by atoms with E-state index < -0.39 is 0 Å². The Morgan fingerprint density at radius 2 is 2.27 bits per heavy atom. The summed E-state index contributed by atoms with van der Waals surface area (Å²) < 4.78 is 0. The molecule has 0 aromatic heterocycles. The van der Waals surface area contributed by atoms with E-state index in [0.29, 0.717) is 11.5 Å². The van der Waals surface area contributed by atoms with Gasteiger partial charge in [-0.25, -0.2) is 0 Å². The minimum absolute atomic E-state index is 0.254. The maximum Gasteiger partial charge on any atom is 0.295 e. The summed E-state index contributed by atoms with van der Waals surface area (Å²) >= 11 is 0. The molecule has 0 aromatic carbocycles. The molecule has 1 amide bonds. The van der Waals surface area contributed by atoms with Gasteiger partial charge in [-0.2, -0.15) is 4.99 Å². The van der Waals surface area contributed by atoms with Crippen LogP contribution in [0.25, 0.3) is 0 Å². The number of rotatable bonds is 0. The normalized spacial score (nSPS) is 20.7. The largest absolute Gasteiger partial charge is 0.297 e. The van der Waals surface area contributed by atoms with Crippen molar-refractivity contribution in [1.82, 2.24) is 4.90 Å². The summed E-state index contributed by atoms with van der Waals surface area (Å²) in [6.45, 7) is 3.60. The minimum Gasteiger partial charge on any atom is -0.297 e. The van der Waals surface area contributed by atoms with Crippen LogP contribution >= 0.6 is 0 Å². The molecule has 3 heteroatoms. The van der Waals surface area contributed by atoms with Crippen LogP contribution in [0.15, 0.2) is 41.7 Å². The average Bonchev–Trinajstić information content (AvgIpc) is 2.30. The molecule has 2 rings (SSSR count). The molecule has 0 spiro atoms. The predicted molar refractivity (Wildman–Crippen MR) is 41.7 cm³/mol. The van der Waals surface area contributed by atoms with E-state index in [1.807, 2.05) is 12.2 Å². The number of fused-ring (bicyclic) bond motifs is 1. The number of aliphatic imine (C=N–C) groups is 1. The highest BCUT2D eigenvalue weighted by molar-refractivity contribution is 6.15. The van der Waals surface area contributed by atoms with Crippen molar-refractivity contribution >= 4 is 11.7 Å². The van der Waals surface area contributed by atoms with Gasteiger partial charge >= 0.3 is 0 Å². The molecule has 0 unspecified atom stereocenters. The van der Waals surface area contributed by atoms with Crippen LogP contribution in [-0.2, 0) is 4.79 Å². The van der Waals surface area contributed by atoms with Crippen LogP contribution in [0.2, 0.25) is 0 Å². The fourth-order valence-corrected chi connectivity index (χ4v) is 1.03. The molecule has 0 radical (unpaired) electrons. The first kappa shape index (κ1) is 6.09. The molecule has 11 heavy (non-hydrogen) atoms. The van der Waals surface area contributed by atoms with E-state index in [4.69, 9.17) is 0 Å². The van der Waals surface area contributed by atoms with Gasteiger partial charge in [0.1, 0.15) is 11.5 Å². The molecule has 0 aromatic rings. The van der Waals surface area contributed by atoms with Crippen LogP contribution in [0.1, 0.15) is 0 Å². The fourth-order valence-electron chi connectivity index (χ4n) is 1.03. The highest BCUT2D eigenvalue weighted by Crippen LogP contribution is 2.17. The molecule has 3 nitrogen and oxygen atoms in total. The number of nitrogens with zero attached hydrogens (tertiary/aromatic N) is 2. The van der Waals surface area contributed by atoms with Gasteiger partial charge in [0.05, 0.1) is 0 Å². The van der Waals surface area contributed by atoms with Gasteiger partial charge in [-0.1, -0.05) is 12.7 Å². The fraction of sp³-hybridized carbons (Fsp3) is 0. The first-order chi connectivity index (χ1) is 5.29. The molecule has 2 aliphatic rings. The predicted octanol–water partition coefficient (Wildman–Crippen LogP) is 0.824. The summed E-state index contributed by atoms with van der Waals surface area (Å²) in [4.78, 5) is 16.4. The van der Waals surface area contributed by atoms with E-state index in [9.17, 15) is 4.79 Å². The Hall–Kier alpha value is -1.64. The van der Waals surface area contributed by atoms with Gasteiger partial charge in [-0.3, -0.25) is 9.69 Å². The van der Waals surface area contributed by atoms with Crippen molar-refractivity contribution in [3.8, 4) is 0 Å². The second kappa shape index (κ2) is 1.92. The van der Waals surface area contributed by atoms with Gasteiger partial charge in [0.2, 0.25) is 0 Å². The van der Waals surface area contributed by atoms with Crippen molar-refractivity contribution in [3.05, 3.63) is 36.7 Å². The van der Waals surface area contributed by atoms with Crippen LogP contribution in [0.5, 0.6) is 0 Å². The van der Waals surface area contributed by atoms with Crippen molar-refractivity contribution < 1.29 is 4.79 Å². The van der Waals surface area contributed by atoms with E-state index in [-0.39, 0.29) is 5.91 Å². The van der Waals surface area contributed by atoms with Crippen LogP contribution in [0.3, 0.4) is 0 Å². The van der Waals surface area contributed by atoms with Crippen molar-refractivity contribution in [2.45, 2.75) is 0 Å². The summed E-state index contributed by atoms with van der Waals surface area (Å²) in [5, 5.41) is 0. The maximum absolute atomic E-state index is 10.9. The van der Waals surface area contributed by atoms with E-state index in [1.165, 1.54) is 0 Å². The zero-order chi connectivity index (χ0) is 7.84. The minimum atomic E-state index is -0.254. The molecule has 0 saturated heterocycles. The summed E-state index contributed by atoms with van der Waals surface area (Å²) in [6, 6.07) is 0. The smallest absolute Gasteiger partial charge is 0.295 e. The van der Waals surface area contributed by atoms with E-state index in [1.54, 1.807) is 17.2 Å². The molecule has 2 heterocycles. The summed E-state index contributed by atoms with van der Waals surface area (Å²) in [5.74, 6) is 0.402. The lowest BCUT2D eigenvalue weighted by Gasteiger charge is -2.14. The van der Waals surface area contributed by atoms with Crippen molar-refractivity contribution in [1.29, 1.82) is 0 Å². The molecule has 0 bridgehead atoms. The van der Waals surface area contributed by atoms with Crippen LogP contribution in [0.4, 0.5) is 0 Å². The van der Waals surface area contributed by atoms with Gasteiger partial charge in [-0.15, -0.1) is 0 Å². The van der Waals surface area contributed by atoms with Gasteiger partial charge in [0.25, 0.3) is 5.91 Å². The third-order valence-corrected chi connectivity index (χ3v) is 1.59. The number of hydrogen-bond donors (Lipinski definition) is 0. The SMILES string of the molecule is C=C1C(=O)N=C2C=CC=CN12. The number of allylic oxidation sites excluding steroid dienone is 2. The average molecular weight is 146 g/mol. The van der Waals surface area contributed by atoms with Crippen LogP contribution in [-0.4, -0.2) is 16.6 Å². The standard InChI is InChI=1S/C8H6N2O/c1-6-8(11)9-7-4-2-3-5-10(6)7/h2-5H,1H2. The molecule has 0 N–H and O–H groups in total. The zero-order valence-corrected chi connectivity index (χ0v) is 5.82. The lowest BCUT2D eigenvalue weighted by atomic mass is 10.3. The summed E-state index contributed by atoms with van der Waals surface area (Å²) in [7, 11) is 0. The first-order valence-electron chi connectivity index (χ1n) is 3.25. The van der Waals surface area contributed by atoms with Gasteiger partial charge < -0.3 is 0 Å². The van der Waals surface area contributed by atoms with Gasteiger partial charge in [-0.05, 0) is 12.2 Å². The van der Waals surface area contributed by atoms with E-state index >= 15 is 0 Å². The molecular weight excluding hydrogens is 140 g/mol. The highest BCUT2D eigenvalue weighted by atomic mass is 16.2. The molecule has 0 atom stereocenters. The van der Waals surface area contributed by atoms with E-state index in [0.717, 1.165) is 0 Å². The lowest BCUT2D eigenvalue weighted by Crippen LogP contribution is -2.19. The molecule has 54 valence electrons. The van der Waals surface area contributed by atoms with Crippen molar-refractivity contribution in [3.63, 3.8) is 0 Å². The monoisotopic (exact) mass is 146 g/mol. The Labute approximate surface area is 64.0 Å². The molecule has 0 aliphatic carbocycles. The molecule has 0 saturated carbocycles. The first-order valence-corrected chi connectivity index (χ1v) is 3.25. The second-order valence-corrected chi connectivity index (χ2v) is 2.29. The third-order valence-electron chi connectivity index (χ3n) is 1.59. The summed E-state index contributed by atoms with van der Waals surface area (Å²) in [6.07, 6.45) is 7.21. The Morgan fingerprint density at radius 1 is 1.45 bits per heavy atom. The Bertz CT molecular complexity index is 323. The number of carbonyl (C=O) groups is 1. The highest BCUT2D eigenvalue weighted by Gasteiger charge is 2.24. The molecular formula is C8H6N2O. The van der Waals surface area contributed by atoms with Gasteiger partial charge in [0, 0.05) is 6.20 Å². The van der Waals surface area contributed by atoms with Crippen LogP contribution < -0.4 is 0 Å². The zero-order valence-electron chi connectivity index (χ0n) is 5.82. The quantitative estimate of drug-likeness (QED) is 0.474. The topological polar surface area (TPSA) is 32.7 Å². The molecule has 0 fully saturated rings. The maximum atomic E-state index is 10.9. The Kier molecular flexibility index (Phi) is 1.06. The molecule has 2 aliphatic heterocycles. The van der Waals surface area contributed by atoms with Crippen molar-refractivity contribution in [2.24, 2.45) is 4.99 Å². The number of amides is 1. The number of amidine groups is 1. The third kappa shape index (κ3) is 0.741. The Morgan fingerprint density at radius 3 is 3.00 bits per heavy atom. The van der Waals surface area contributed by atoms with Crippen LogP contribution in [0, 0.1) is 0 Å². The van der Waals surface area contributed by atoms with Crippen molar-refractivity contribution in [2.75, 3.05) is 0 Å². The lowest BCUT2D eigenvalue weighted by molar-refractivity contribution is -0.114. The number of carbonyl (C=O) groups excluding carboxylic acids is 1. The van der Waals surface area contributed by atoms with Gasteiger partial charge in [0.15, 0.2) is 0 Å². The number of hydrogen-bond acceptors (Lipinski definition) is 2. The van der Waals surface area contributed by atoms with E-state index in [2.05, 4.69) is 11.6 Å². The second-order valence-electron chi connectivity index (χ2n) is 2.29. The summed E-state index contributed by atoms with van der Waals surface area (Å²) in [5.41, 5.74) is 0.417.